The van der Waals surface area contributed by atoms with Crippen molar-refractivity contribution in [1.29, 1.82) is 0 Å². The van der Waals surface area contributed by atoms with Crippen LogP contribution in [0.25, 0.3) is 10.4 Å². The predicted molar refractivity (Wildman–Crippen MR) is 37.0 cm³/mol. The van der Waals surface area contributed by atoms with Crippen LogP contribution in [0.4, 0.5) is 0 Å². The third-order valence-corrected chi connectivity index (χ3v) is 1.12. The summed E-state index contributed by atoms with van der Waals surface area (Å²) >= 11 is 0. The fraction of sp³-hybridized carbons (Fsp3) is 0.800. The van der Waals surface area contributed by atoms with Gasteiger partial charge in [-0.05, 0) is 12.0 Å². The van der Waals surface area contributed by atoms with Crippen molar-refractivity contribution in [3.8, 4) is 0 Å². The Balaban J connectivity index is 3.82. The van der Waals surface area contributed by atoms with E-state index in [-0.39, 0.29) is 12.5 Å². The highest BCUT2D eigenvalue weighted by atomic mass is 16.1. The standard InChI is InChI=1S/C5H10N4O/c1-2-4(8-9-7)3-5(6)10/h4H,2-3H2,1H3,(H2,6,10). The van der Waals surface area contributed by atoms with Gasteiger partial charge in [0.15, 0.2) is 0 Å². The van der Waals surface area contributed by atoms with E-state index in [0.29, 0.717) is 6.42 Å². The molecule has 0 aliphatic rings. The number of amides is 1. The molecule has 0 aromatic heterocycles. The Labute approximate surface area is 58.8 Å². The van der Waals surface area contributed by atoms with Gasteiger partial charge in [-0.1, -0.05) is 12.0 Å². The van der Waals surface area contributed by atoms with Gasteiger partial charge in [-0.2, -0.15) is 0 Å². The summed E-state index contributed by atoms with van der Waals surface area (Å²) in [5.41, 5.74) is 12.9. The molecule has 0 spiro atoms. The maximum atomic E-state index is 10.3. The first kappa shape index (κ1) is 8.78. The van der Waals surface area contributed by atoms with Crippen LogP contribution in [0.1, 0.15) is 19.8 Å². The molecule has 0 fully saturated rings. The molecule has 0 aromatic rings. The monoisotopic (exact) mass is 142 g/mol. The van der Waals surface area contributed by atoms with E-state index in [1.54, 1.807) is 0 Å². The molecular formula is C5H10N4O. The van der Waals surface area contributed by atoms with E-state index >= 15 is 0 Å². The first-order valence-electron chi connectivity index (χ1n) is 3.03. The van der Waals surface area contributed by atoms with Gasteiger partial charge < -0.3 is 5.73 Å². The molecule has 2 N–H and O–H groups in total. The molecule has 5 heteroatoms. The Hall–Kier alpha value is -1.22. The second kappa shape index (κ2) is 4.64. The Morgan fingerprint density at radius 3 is 2.80 bits per heavy atom. The largest absolute Gasteiger partial charge is 0.370 e. The van der Waals surface area contributed by atoms with Gasteiger partial charge in [-0.3, -0.25) is 4.79 Å². The van der Waals surface area contributed by atoms with Crippen molar-refractivity contribution < 1.29 is 4.79 Å². The highest BCUT2D eigenvalue weighted by molar-refractivity contribution is 5.74. The lowest BCUT2D eigenvalue weighted by Crippen LogP contribution is -2.17. The van der Waals surface area contributed by atoms with Gasteiger partial charge in [0, 0.05) is 17.4 Å². The average Bonchev–Trinajstić information content (AvgIpc) is 1.86. The topological polar surface area (TPSA) is 91.9 Å². The quantitative estimate of drug-likeness (QED) is 0.353. The fourth-order valence-electron chi connectivity index (χ4n) is 0.572. The van der Waals surface area contributed by atoms with E-state index in [2.05, 4.69) is 10.0 Å². The third kappa shape index (κ3) is 3.74. The number of hydrogen-bond donors (Lipinski definition) is 1. The summed E-state index contributed by atoms with van der Waals surface area (Å²) in [5, 5.41) is 3.36. The lowest BCUT2D eigenvalue weighted by molar-refractivity contribution is -0.118. The summed E-state index contributed by atoms with van der Waals surface area (Å²) in [6, 6.07) is -0.275. The number of carbonyl (C=O) groups is 1. The van der Waals surface area contributed by atoms with Crippen LogP contribution in [0.2, 0.25) is 0 Å². The van der Waals surface area contributed by atoms with Crippen molar-refractivity contribution in [2.75, 3.05) is 0 Å². The summed E-state index contributed by atoms with van der Waals surface area (Å²) in [7, 11) is 0. The molecule has 0 heterocycles. The number of nitrogens with zero attached hydrogens (tertiary/aromatic N) is 3. The summed E-state index contributed by atoms with van der Waals surface area (Å²) in [4.78, 5) is 12.9. The molecule has 5 nitrogen and oxygen atoms in total. The molecular weight excluding hydrogens is 132 g/mol. The van der Waals surface area contributed by atoms with Crippen LogP contribution in [-0.2, 0) is 4.79 Å². The number of primary amides is 1. The molecule has 0 aliphatic carbocycles. The first-order chi connectivity index (χ1) is 4.70. The first-order valence-corrected chi connectivity index (χ1v) is 3.03. The van der Waals surface area contributed by atoms with Crippen molar-refractivity contribution in [2.45, 2.75) is 25.8 Å². The Kier molecular flexibility index (Phi) is 4.07. The number of rotatable bonds is 4. The third-order valence-electron chi connectivity index (χ3n) is 1.12. The molecule has 0 aliphatic heterocycles. The minimum atomic E-state index is -0.431. The molecule has 0 radical (unpaired) electrons. The summed E-state index contributed by atoms with van der Waals surface area (Å²) in [6.07, 6.45) is 0.785. The van der Waals surface area contributed by atoms with Crippen LogP contribution in [0, 0.1) is 0 Å². The van der Waals surface area contributed by atoms with Crippen LogP contribution in [0.5, 0.6) is 0 Å². The molecule has 1 amide bonds. The van der Waals surface area contributed by atoms with Crippen molar-refractivity contribution in [2.24, 2.45) is 10.8 Å². The van der Waals surface area contributed by atoms with Crippen molar-refractivity contribution in [3.63, 3.8) is 0 Å². The second-order valence-electron chi connectivity index (χ2n) is 1.94. The zero-order valence-electron chi connectivity index (χ0n) is 5.82. The molecule has 1 unspecified atom stereocenters. The van der Waals surface area contributed by atoms with E-state index in [4.69, 9.17) is 11.3 Å². The van der Waals surface area contributed by atoms with Gasteiger partial charge >= 0.3 is 0 Å². The fourth-order valence-corrected chi connectivity index (χ4v) is 0.572. The molecule has 0 bridgehead atoms. The molecule has 0 saturated carbocycles. The smallest absolute Gasteiger partial charge is 0.217 e. The van der Waals surface area contributed by atoms with E-state index in [0.717, 1.165) is 0 Å². The van der Waals surface area contributed by atoms with Crippen molar-refractivity contribution in [1.82, 2.24) is 0 Å². The number of hydrogen-bond acceptors (Lipinski definition) is 2. The maximum Gasteiger partial charge on any atom is 0.217 e. The molecule has 10 heavy (non-hydrogen) atoms. The van der Waals surface area contributed by atoms with Crippen molar-refractivity contribution >= 4 is 5.91 Å². The van der Waals surface area contributed by atoms with E-state index in [9.17, 15) is 4.79 Å². The minimum absolute atomic E-state index is 0.139. The van der Waals surface area contributed by atoms with Crippen LogP contribution in [0.15, 0.2) is 5.11 Å². The molecule has 56 valence electrons. The van der Waals surface area contributed by atoms with Crippen LogP contribution in [-0.4, -0.2) is 11.9 Å². The highest BCUT2D eigenvalue weighted by Gasteiger charge is 2.05. The van der Waals surface area contributed by atoms with Gasteiger partial charge in [-0.15, -0.1) is 0 Å². The van der Waals surface area contributed by atoms with Crippen molar-refractivity contribution in [3.05, 3.63) is 10.4 Å². The Bertz CT molecular complexity index is 161. The lowest BCUT2D eigenvalue weighted by Gasteiger charge is -2.01. The van der Waals surface area contributed by atoms with Gasteiger partial charge in [0.1, 0.15) is 0 Å². The van der Waals surface area contributed by atoms with Crippen LogP contribution in [0.3, 0.4) is 0 Å². The highest BCUT2D eigenvalue weighted by Crippen LogP contribution is 2.01. The van der Waals surface area contributed by atoms with E-state index in [1.807, 2.05) is 6.92 Å². The second-order valence-corrected chi connectivity index (χ2v) is 1.94. The minimum Gasteiger partial charge on any atom is -0.370 e. The zero-order valence-corrected chi connectivity index (χ0v) is 5.82. The SMILES string of the molecule is CCC(CC(N)=O)N=[N+]=[N-]. The number of nitrogens with two attached hydrogens (primary N) is 1. The van der Waals surface area contributed by atoms with Gasteiger partial charge in [0.2, 0.25) is 5.91 Å². The normalized spacial score (nSPS) is 11.7. The molecule has 0 aromatic carbocycles. The maximum absolute atomic E-state index is 10.3. The lowest BCUT2D eigenvalue weighted by atomic mass is 10.2. The predicted octanol–water partition coefficient (Wildman–Crippen LogP) is 0.951. The summed E-state index contributed by atoms with van der Waals surface area (Å²) in [5.74, 6) is -0.431. The van der Waals surface area contributed by atoms with Crippen LogP contribution >= 0.6 is 0 Å². The van der Waals surface area contributed by atoms with Crippen LogP contribution < -0.4 is 5.73 Å². The van der Waals surface area contributed by atoms with Gasteiger partial charge in [0.25, 0.3) is 0 Å². The number of carbonyl (C=O) groups excluding carboxylic acids is 1. The number of azide groups is 1. The summed E-state index contributed by atoms with van der Waals surface area (Å²) < 4.78 is 0. The van der Waals surface area contributed by atoms with E-state index in [1.165, 1.54) is 0 Å². The Morgan fingerprint density at radius 2 is 2.50 bits per heavy atom. The molecule has 0 saturated heterocycles. The average molecular weight is 142 g/mol. The zero-order chi connectivity index (χ0) is 7.98. The summed E-state index contributed by atoms with van der Waals surface area (Å²) in [6.45, 7) is 1.84. The molecule has 0 rings (SSSR count). The molecule has 1 atom stereocenters. The van der Waals surface area contributed by atoms with Gasteiger partial charge in [0.05, 0.1) is 0 Å². The van der Waals surface area contributed by atoms with Gasteiger partial charge in [-0.25, -0.2) is 0 Å². The Morgan fingerprint density at radius 1 is 1.90 bits per heavy atom. The van der Waals surface area contributed by atoms with E-state index < -0.39 is 5.91 Å².